The van der Waals surface area contributed by atoms with Gasteiger partial charge >= 0.3 is 0 Å². The second-order valence-electron chi connectivity index (χ2n) is 7.48. The number of rotatable bonds is 10. The number of halogens is 2. The molecule has 0 aromatic heterocycles. The molecule has 162 valence electrons. The zero-order chi connectivity index (χ0) is 22.1. The highest BCUT2D eigenvalue weighted by Gasteiger charge is 2.29. The van der Waals surface area contributed by atoms with Gasteiger partial charge in [-0.15, -0.1) is 0 Å². The Hall–Kier alpha value is -2.04. The number of benzene rings is 2. The van der Waals surface area contributed by atoms with E-state index in [0.717, 1.165) is 17.5 Å². The highest BCUT2D eigenvalue weighted by atomic mass is 35.5. The topological polar surface area (TPSA) is 49.4 Å². The minimum atomic E-state index is -0.534. The van der Waals surface area contributed by atoms with E-state index in [-0.39, 0.29) is 24.3 Å². The molecule has 0 aliphatic rings. The lowest BCUT2D eigenvalue weighted by molar-refractivity contribution is -0.141. The van der Waals surface area contributed by atoms with Crippen LogP contribution in [0.3, 0.4) is 0 Å². The molecular formula is C24H30Cl2N2O2. The third-order valence-electron chi connectivity index (χ3n) is 5.22. The predicted octanol–water partition coefficient (Wildman–Crippen LogP) is 5.65. The average molecular weight is 449 g/mol. The third-order valence-corrected chi connectivity index (χ3v) is 5.84. The highest BCUT2D eigenvalue weighted by molar-refractivity contribution is 6.31. The van der Waals surface area contributed by atoms with E-state index in [0.29, 0.717) is 29.4 Å². The van der Waals surface area contributed by atoms with Crippen LogP contribution in [0.1, 0.15) is 51.2 Å². The fraction of sp³-hybridized carbons (Fsp3) is 0.417. The van der Waals surface area contributed by atoms with E-state index in [4.69, 9.17) is 23.2 Å². The molecule has 0 heterocycles. The Morgan fingerprint density at radius 1 is 1.00 bits per heavy atom. The SMILES string of the molecule is CC[C@@H](C)NC(=O)[C@@H](CC)N(Cc1ccc(Cl)cc1)C(=O)CCc1ccccc1Cl. The first-order chi connectivity index (χ1) is 14.3. The largest absolute Gasteiger partial charge is 0.352 e. The van der Waals surface area contributed by atoms with Crippen molar-refractivity contribution < 1.29 is 9.59 Å². The number of carbonyl (C=O) groups excluding carboxylic acids is 2. The third kappa shape index (κ3) is 7.03. The van der Waals surface area contributed by atoms with Gasteiger partial charge in [-0.3, -0.25) is 9.59 Å². The van der Waals surface area contributed by atoms with Gasteiger partial charge in [-0.05, 0) is 55.5 Å². The average Bonchev–Trinajstić information content (AvgIpc) is 2.74. The normalized spacial score (nSPS) is 12.8. The molecule has 0 unspecified atom stereocenters. The summed E-state index contributed by atoms with van der Waals surface area (Å²) in [7, 11) is 0. The number of carbonyl (C=O) groups is 2. The Labute approximate surface area is 189 Å². The van der Waals surface area contributed by atoms with Crippen LogP contribution in [0.2, 0.25) is 10.0 Å². The van der Waals surface area contributed by atoms with Crippen LogP contribution in [-0.2, 0) is 22.6 Å². The van der Waals surface area contributed by atoms with Gasteiger partial charge in [0.05, 0.1) is 0 Å². The number of amides is 2. The van der Waals surface area contributed by atoms with Crippen LogP contribution in [0, 0.1) is 0 Å². The number of nitrogens with zero attached hydrogens (tertiary/aromatic N) is 1. The van der Waals surface area contributed by atoms with Crippen molar-refractivity contribution in [3.05, 3.63) is 69.7 Å². The first-order valence-electron chi connectivity index (χ1n) is 10.4. The molecule has 0 saturated carbocycles. The van der Waals surface area contributed by atoms with Crippen molar-refractivity contribution in [1.82, 2.24) is 10.2 Å². The maximum atomic E-state index is 13.2. The molecule has 2 aromatic carbocycles. The van der Waals surface area contributed by atoms with Gasteiger partial charge in [0, 0.05) is 29.1 Å². The van der Waals surface area contributed by atoms with Crippen LogP contribution < -0.4 is 5.32 Å². The molecule has 0 spiro atoms. The molecule has 2 atom stereocenters. The van der Waals surface area contributed by atoms with Crippen molar-refractivity contribution in [1.29, 1.82) is 0 Å². The molecule has 4 nitrogen and oxygen atoms in total. The predicted molar refractivity (Wildman–Crippen MR) is 124 cm³/mol. The second kappa shape index (κ2) is 12.0. The van der Waals surface area contributed by atoms with Crippen LogP contribution in [0.15, 0.2) is 48.5 Å². The van der Waals surface area contributed by atoms with E-state index in [2.05, 4.69) is 5.32 Å². The van der Waals surface area contributed by atoms with Gasteiger partial charge in [0.15, 0.2) is 0 Å². The van der Waals surface area contributed by atoms with Gasteiger partial charge in [-0.1, -0.05) is 67.4 Å². The lowest BCUT2D eigenvalue weighted by Crippen LogP contribution is -2.50. The van der Waals surface area contributed by atoms with Gasteiger partial charge in [0.25, 0.3) is 0 Å². The molecule has 1 N–H and O–H groups in total. The summed E-state index contributed by atoms with van der Waals surface area (Å²) in [5.41, 5.74) is 1.86. The van der Waals surface area contributed by atoms with Crippen LogP contribution in [-0.4, -0.2) is 28.8 Å². The Morgan fingerprint density at radius 3 is 2.27 bits per heavy atom. The Kier molecular flexibility index (Phi) is 9.67. The van der Waals surface area contributed by atoms with Gasteiger partial charge in [0.2, 0.25) is 11.8 Å². The van der Waals surface area contributed by atoms with E-state index in [9.17, 15) is 9.59 Å². The maximum Gasteiger partial charge on any atom is 0.243 e. The molecule has 2 amide bonds. The molecule has 0 aliphatic heterocycles. The molecule has 0 saturated heterocycles. The molecule has 0 radical (unpaired) electrons. The summed E-state index contributed by atoms with van der Waals surface area (Å²) >= 11 is 12.2. The zero-order valence-corrected chi connectivity index (χ0v) is 19.3. The lowest BCUT2D eigenvalue weighted by atomic mass is 10.1. The fourth-order valence-electron chi connectivity index (χ4n) is 3.23. The molecule has 2 rings (SSSR count). The summed E-state index contributed by atoms with van der Waals surface area (Å²) in [6.07, 6.45) is 2.18. The van der Waals surface area contributed by atoms with Gasteiger partial charge in [0.1, 0.15) is 6.04 Å². The summed E-state index contributed by atoms with van der Waals surface area (Å²) in [5, 5.41) is 4.30. The minimum absolute atomic E-state index is 0.0576. The van der Waals surface area contributed by atoms with Crippen molar-refractivity contribution in [2.24, 2.45) is 0 Å². The van der Waals surface area contributed by atoms with E-state index in [1.807, 2.05) is 57.2 Å². The molecule has 0 bridgehead atoms. The molecule has 0 fully saturated rings. The summed E-state index contributed by atoms with van der Waals surface area (Å²) in [6, 6.07) is 14.4. The molecule has 2 aromatic rings. The van der Waals surface area contributed by atoms with E-state index >= 15 is 0 Å². The Bertz CT molecular complexity index is 839. The standard InChI is InChI=1S/C24H30Cl2N2O2/c1-4-17(3)27-24(30)22(5-2)28(16-18-10-13-20(25)14-11-18)23(29)15-12-19-8-6-7-9-21(19)26/h6-11,13-14,17,22H,4-5,12,15-16H2,1-3H3,(H,27,30)/t17-,22-/m1/s1. The Balaban J connectivity index is 2.21. The van der Waals surface area contributed by atoms with Crippen molar-refractivity contribution in [2.45, 2.75) is 65.1 Å². The number of aryl methyl sites for hydroxylation is 1. The van der Waals surface area contributed by atoms with Crippen molar-refractivity contribution >= 4 is 35.0 Å². The first-order valence-corrected chi connectivity index (χ1v) is 11.2. The fourth-order valence-corrected chi connectivity index (χ4v) is 3.59. The summed E-state index contributed by atoms with van der Waals surface area (Å²) in [4.78, 5) is 27.8. The van der Waals surface area contributed by atoms with E-state index in [1.165, 1.54) is 0 Å². The summed E-state index contributed by atoms with van der Waals surface area (Å²) in [6.45, 7) is 6.27. The van der Waals surface area contributed by atoms with Crippen molar-refractivity contribution in [2.75, 3.05) is 0 Å². The Morgan fingerprint density at radius 2 is 1.67 bits per heavy atom. The maximum absolute atomic E-state index is 13.2. The van der Waals surface area contributed by atoms with Crippen LogP contribution in [0.25, 0.3) is 0 Å². The monoisotopic (exact) mass is 448 g/mol. The van der Waals surface area contributed by atoms with Gasteiger partial charge in [-0.25, -0.2) is 0 Å². The van der Waals surface area contributed by atoms with Crippen LogP contribution in [0.5, 0.6) is 0 Å². The lowest BCUT2D eigenvalue weighted by Gasteiger charge is -2.31. The van der Waals surface area contributed by atoms with Gasteiger partial charge < -0.3 is 10.2 Å². The number of hydrogen-bond donors (Lipinski definition) is 1. The summed E-state index contributed by atoms with van der Waals surface area (Å²) in [5.74, 6) is -0.192. The minimum Gasteiger partial charge on any atom is -0.352 e. The first kappa shape index (κ1) is 24.2. The van der Waals surface area contributed by atoms with E-state index < -0.39 is 6.04 Å². The zero-order valence-electron chi connectivity index (χ0n) is 17.8. The number of nitrogens with one attached hydrogen (secondary N) is 1. The number of hydrogen-bond acceptors (Lipinski definition) is 2. The molecule has 30 heavy (non-hydrogen) atoms. The van der Waals surface area contributed by atoms with Crippen molar-refractivity contribution in [3.63, 3.8) is 0 Å². The molecule has 0 aliphatic carbocycles. The van der Waals surface area contributed by atoms with Crippen molar-refractivity contribution in [3.8, 4) is 0 Å². The van der Waals surface area contributed by atoms with Crippen LogP contribution in [0.4, 0.5) is 0 Å². The highest BCUT2D eigenvalue weighted by Crippen LogP contribution is 2.20. The van der Waals surface area contributed by atoms with Gasteiger partial charge in [-0.2, -0.15) is 0 Å². The molecule has 6 heteroatoms. The van der Waals surface area contributed by atoms with Crippen LogP contribution >= 0.6 is 23.2 Å². The smallest absolute Gasteiger partial charge is 0.243 e. The summed E-state index contributed by atoms with van der Waals surface area (Å²) < 4.78 is 0. The molecular weight excluding hydrogens is 419 g/mol. The second-order valence-corrected chi connectivity index (χ2v) is 8.33. The van der Waals surface area contributed by atoms with E-state index in [1.54, 1.807) is 17.0 Å². The quantitative estimate of drug-likeness (QED) is 0.510.